The maximum atomic E-state index is 12.4. The van der Waals surface area contributed by atoms with E-state index in [0.29, 0.717) is 38.4 Å². The van der Waals surface area contributed by atoms with Gasteiger partial charge in [-0.1, -0.05) is 12.8 Å². The van der Waals surface area contributed by atoms with Crippen molar-refractivity contribution in [2.24, 2.45) is 5.92 Å². The summed E-state index contributed by atoms with van der Waals surface area (Å²) in [5.74, 6) is 0.241. The van der Waals surface area contributed by atoms with Gasteiger partial charge in [0.15, 0.2) is 14.6 Å². The smallest absolute Gasteiger partial charge is 0.241 e. The van der Waals surface area contributed by atoms with Crippen molar-refractivity contribution in [3.8, 4) is 0 Å². The van der Waals surface area contributed by atoms with Gasteiger partial charge in [0.25, 0.3) is 0 Å². The standard InChI is InChI=1S/C13H24N2O3S.ClH/c1-19(17,18)13(6-8-14-9-7-13)12(16)15-10-11-4-2-3-5-11;/h11,14H,2-10H2,1H3,(H,15,16);1H. The Kier molecular flexibility index (Phi) is 6.28. The molecule has 5 nitrogen and oxygen atoms in total. The van der Waals surface area contributed by atoms with Crippen LogP contribution in [-0.4, -0.2) is 45.0 Å². The minimum Gasteiger partial charge on any atom is -0.354 e. The minimum absolute atomic E-state index is 0. The van der Waals surface area contributed by atoms with Crippen molar-refractivity contribution < 1.29 is 13.2 Å². The van der Waals surface area contributed by atoms with Crippen LogP contribution in [0.25, 0.3) is 0 Å². The highest BCUT2D eigenvalue weighted by atomic mass is 35.5. The van der Waals surface area contributed by atoms with Crippen LogP contribution >= 0.6 is 12.4 Å². The van der Waals surface area contributed by atoms with Crippen LogP contribution in [0.4, 0.5) is 0 Å². The van der Waals surface area contributed by atoms with Crippen molar-refractivity contribution in [3.63, 3.8) is 0 Å². The van der Waals surface area contributed by atoms with Gasteiger partial charge in [0, 0.05) is 12.8 Å². The fourth-order valence-electron chi connectivity index (χ4n) is 3.21. The summed E-state index contributed by atoms with van der Waals surface area (Å²) in [7, 11) is -3.38. The molecule has 0 aromatic rings. The Bertz CT molecular complexity index is 427. The normalized spacial score (nSPS) is 23.1. The first-order valence-corrected chi connectivity index (χ1v) is 9.03. The van der Waals surface area contributed by atoms with Crippen molar-refractivity contribution in [2.45, 2.75) is 43.3 Å². The van der Waals surface area contributed by atoms with E-state index in [9.17, 15) is 13.2 Å². The molecule has 2 N–H and O–H groups in total. The molecule has 1 saturated heterocycles. The third kappa shape index (κ3) is 3.65. The van der Waals surface area contributed by atoms with E-state index >= 15 is 0 Å². The summed E-state index contributed by atoms with van der Waals surface area (Å²) in [6, 6.07) is 0. The minimum atomic E-state index is -3.38. The van der Waals surface area contributed by atoms with E-state index in [-0.39, 0.29) is 18.3 Å². The number of halogens is 1. The first-order chi connectivity index (χ1) is 8.96. The number of amides is 1. The van der Waals surface area contributed by atoms with E-state index < -0.39 is 14.6 Å². The summed E-state index contributed by atoms with van der Waals surface area (Å²) < 4.78 is 22.9. The molecule has 1 heterocycles. The molecule has 0 spiro atoms. The molecule has 2 rings (SSSR count). The number of nitrogens with one attached hydrogen (secondary N) is 2. The van der Waals surface area contributed by atoms with E-state index in [1.807, 2.05) is 0 Å². The summed E-state index contributed by atoms with van der Waals surface area (Å²) in [6.07, 6.45) is 6.68. The Morgan fingerprint density at radius 1 is 1.25 bits per heavy atom. The summed E-state index contributed by atoms with van der Waals surface area (Å²) in [5, 5.41) is 6.02. The Labute approximate surface area is 127 Å². The molecule has 1 saturated carbocycles. The van der Waals surface area contributed by atoms with Crippen LogP contribution in [0.3, 0.4) is 0 Å². The number of carbonyl (C=O) groups is 1. The van der Waals surface area contributed by atoms with Crippen LogP contribution in [0, 0.1) is 5.92 Å². The van der Waals surface area contributed by atoms with Crippen molar-refractivity contribution in [1.82, 2.24) is 10.6 Å². The molecule has 1 amide bonds. The molecule has 1 aliphatic carbocycles. The first-order valence-electron chi connectivity index (χ1n) is 7.14. The van der Waals surface area contributed by atoms with E-state index in [2.05, 4.69) is 10.6 Å². The van der Waals surface area contributed by atoms with Gasteiger partial charge in [-0.25, -0.2) is 8.42 Å². The lowest BCUT2D eigenvalue weighted by atomic mass is 9.95. The van der Waals surface area contributed by atoms with Gasteiger partial charge in [0.1, 0.15) is 0 Å². The highest BCUT2D eigenvalue weighted by Gasteiger charge is 2.48. The number of hydrogen-bond donors (Lipinski definition) is 2. The van der Waals surface area contributed by atoms with Crippen molar-refractivity contribution in [3.05, 3.63) is 0 Å². The van der Waals surface area contributed by atoms with Crippen LogP contribution in [0.15, 0.2) is 0 Å². The number of hydrogen-bond acceptors (Lipinski definition) is 4. The monoisotopic (exact) mass is 324 g/mol. The average molecular weight is 325 g/mol. The molecular weight excluding hydrogens is 300 g/mol. The van der Waals surface area contributed by atoms with Crippen LogP contribution in [0.5, 0.6) is 0 Å². The molecule has 0 unspecified atom stereocenters. The van der Waals surface area contributed by atoms with Gasteiger partial charge < -0.3 is 10.6 Å². The third-order valence-corrected chi connectivity index (χ3v) is 6.57. The van der Waals surface area contributed by atoms with Gasteiger partial charge in [-0.3, -0.25) is 4.79 Å². The van der Waals surface area contributed by atoms with Gasteiger partial charge >= 0.3 is 0 Å². The largest absolute Gasteiger partial charge is 0.354 e. The first kappa shape index (κ1) is 17.7. The number of piperidine rings is 1. The number of carbonyl (C=O) groups excluding carboxylic acids is 1. The zero-order valence-electron chi connectivity index (χ0n) is 12.0. The highest BCUT2D eigenvalue weighted by molar-refractivity contribution is 7.92. The quantitative estimate of drug-likeness (QED) is 0.805. The number of sulfone groups is 1. The molecule has 20 heavy (non-hydrogen) atoms. The van der Waals surface area contributed by atoms with Crippen LogP contribution in [-0.2, 0) is 14.6 Å². The van der Waals surface area contributed by atoms with Crippen molar-refractivity contribution in [2.75, 3.05) is 25.9 Å². The maximum Gasteiger partial charge on any atom is 0.241 e. The molecule has 1 aliphatic heterocycles. The summed E-state index contributed by atoms with van der Waals surface area (Å²) in [5.41, 5.74) is 0. The molecule has 0 aromatic heterocycles. The van der Waals surface area contributed by atoms with E-state index in [4.69, 9.17) is 0 Å². The van der Waals surface area contributed by atoms with Crippen molar-refractivity contribution >= 4 is 28.2 Å². The molecular formula is C13H25ClN2O3S. The van der Waals surface area contributed by atoms with E-state index in [1.54, 1.807) is 0 Å². The molecule has 0 radical (unpaired) electrons. The third-order valence-electron chi connectivity index (χ3n) is 4.56. The van der Waals surface area contributed by atoms with Gasteiger partial charge in [0.05, 0.1) is 0 Å². The van der Waals surface area contributed by atoms with Crippen LogP contribution in [0.1, 0.15) is 38.5 Å². The fourth-order valence-corrected chi connectivity index (χ4v) is 4.56. The fraction of sp³-hybridized carbons (Fsp3) is 0.923. The second-order valence-electron chi connectivity index (χ2n) is 5.88. The lowest BCUT2D eigenvalue weighted by molar-refractivity contribution is -0.124. The predicted octanol–water partition coefficient (Wildman–Crippen LogP) is 0.881. The molecule has 118 valence electrons. The molecule has 0 atom stereocenters. The average Bonchev–Trinajstić information content (AvgIpc) is 2.88. The molecule has 0 bridgehead atoms. The zero-order chi connectivity index (χ0) is 13.9. The summed E-state index contributed by atoms with van der Waals surface area (Å²) in [6.45, 7) is 1.80. The highest BCUT2D eigenvalue weighted by Crippen LogP contribution is 2.29. The lowest BCUT2D eigenvalue weighted by Gasteiger charge is -2.34. The van der Waals surface area contributed by atoms with Gasteiger partial charge in [-0.15, -0.1) is 12.4 Å². The SMILES string of the molecule is CS(=O)(=O)C1(C(=O)NCC2CCCC2)CCNCC1.Cl. The van der Waals surface area contributed by atoms with Gasteiger partial charge in [0.2, 0.25) is 5.91 Å². The second kappa shape index (κ2) is 7.09. The lowest BCUT2D eigenvalue weighted by Crippen LogP contribution is -2.57. The Morgan fingerprint density at radius 3 is 2.30 bits per heavy atom. The topological polar surface area (TPSA) is 75.3 Å². The molecule has 2 fully saturated rings. The maximum absolute atomic E-state index is 12.4. The summed E-state index contributed by atoms with van der Waals surface area (Å²) in [4.78, 5) is 12.4. The van der Waals surface area contributed by atoms with E-state index in [1.165, 1.54) is 19.1 Å². The van der Waals surface area contributed by atoms with Gasteiger partial charge in [-0.05, 0) is 44.7 Å². The molecule has 2 aliphatic rings. The Balaban J connectivity index is 0.00000200. The molecule has 0 aromatic carbocycles. The van der Waals surface area contributed by atoms with Gasteiger partial charge in [-0.2, -0.15) is 0 Å². The predicted molar refractivity (Wildman–Crippen MR) is 81.9 cm³/mol. The van der Waals surface area contributed by atoms with Crippen LogP contribution in [0.2, 0.25) is 0 Å². The number of rotatable bonds is 4. The Morgan fingerprint density at radius 2 is 1.80 bits per heavy atom. The zero-order valence-corrected chi connectivity index (χ0v) is 13.6. The van der Waals surface area contributed by atoms with Crippen LogP contribution < -0.4 is 10.6 Å². The second-order valence-corrected chi connectivity index (χ2v) is 8.20. The Hall–Kier alpha value is -0.330. The van der Waals surface area contributed by atoms with E-state index in [0.717, 1.165) is 12.8 Å². The molecule has 7 heteroatoms. The van der Waals surface area contributed by atoms with Crippen molar-refractivity contribution in [1.29, 1.82) is 0 Å². The summed E-state index contributed by atoms with van der Waals surface area (Å²) >= 11 is 0.